The summed E-state index contributed by atoms with van der Waals surface area (Å²) in [6, 6.07) is 2.25. The summed E-state index contributed by atoms with van der Waals surface area (Å²) in [6.07, 6.45) is 1.39. The molecule has 1 aliphatic rings. The van der Waals surface area contributed by atoms with E-state index in [0.29, 0.717) is 0 Å². The molecule has 0 spiro atoms. The number of hydrogen-bond acceptors (Lipinski definition) is 2. The third-order valence-corrected chi connectivity index (χ3v) is 3.06. The zero-order valence-electron chi connectivity index (χ0n) is 6.71. The van der Waals surface area contributed by atoms with Crippen molar-refractivity contribution in [3.63, 3.8) is 0 Å². The molecular formula is C9H13NS. The van der Waals surface area contributed by atoms with Crippen LogP contribution in [0.5, 0.6) is 0 Å². The minimum atomic E-state index is 0.869. The Hall–Kier alpha value is -0.340. The third-order valence-electron chi connectivity index (χ3n) is 2.36. The van der Waals surface area contributed by atoms with E-state index in [2.05, 4.69) is 22.1 Å². The van der Waals surface area contributed by atoms with Crippen molar-refractivity contribution in [2.45, 2.75) is 12.3 Å². The zero-order chi connectivity index (χ0) is 7.68. The second-order valence-electron chi connectivity index (χ2n) is 3.22. The second-order valence-corrected chi connectivity index (χ2v) is 4.00. The normalized spacial score (nSPS) is 28.8. The van der Waals surface area contributed by atoms with Crippen LogP contribution in [0.2, 0.25) is 0 Å². The Labute approximate surface area is 71.4 Å². The summed E-state index contributed by atoms with van der Waals surface area (Å²) in [5.74, 6) is 1.78. The molecule has 0 saturated heterocycles. The van der Waals surface area contributed by atoms with Gasteiger partial charge in [0, 0.05) is 0 Å². The summed E-state index contributed by atoms with van der Waals surface area (Å²) in [7, 11) is 2.03. The first kappa shape index (κ1) is 7.32. The quantitative estimate of drug-likeness (QED) is 0.726. The number of thiophene rings is 1. The molecule has 60 valence electrons. The fraction of sp³-hybridized carbons (Fsp3) is 0.556. The van der Waals surface area contributed by atoms with Crippen LogP contribution < -0.4 is 5.32 Å². The number of rotatable bonds is 3. The lowest BCUT2D eigenvalue weighted by Crippen LogP contribution is -2.09. The Morgan fingerprint density at radius 2 is 2.64 bits per heavy atom. The first-order chi connectivity index (χ1) is 5.42. The minimum absolute atomic E-state index is 0.869. The van der Waals surface area contributed by atoms with Crippen LogP contribution in [0.25, 0.3) is 0 Å². The maximum absolute atomic E-state index is 3.22. The van der Waals surface area contributed by atoms with E-state index in [0.717, 1.165) is 11.8 Å². The number of hydrogen-bond donors (Lipinski definition) is 1. The molecule has 0 aromatic carbocycles. The molecule has 1 fully saturated rings. The van der Waals surface area contributed by atoms with Gasteiger partial charge < -0.3 is 5.32 Å². The molecule has 0 unspecified atom stereocenters. The molecule has 0 radical (unpaired) electrons. The predicted molar refractivity (Wildman–Crippen MR) is 49.1 cm³/mol. The van der Waals surface area contributed by atoms with E-state index >= 15 is 0 Å². The zero-order valence-corrected chi connectivity index (χ0v) is 7.53. The molecule has 2 heteroatoms. The Morgan fingerprint density at radius 3 is 3.27 bits per heavy atom. The number of nitrogens with one attached hydrogen (secondary N) is 1. The molecule has 0 amide bonds. The molecule has 2 rings (SSSR count). The van der Waals surface area contributed by atoms with Crippen molar-refractivity contribution < 1.29 is 0 Å². The van der Waals surface area contributed by atoms with Gasteiger partial charge in [-0.1, -0.05) is 0 Å². The van der Waals surface area contributed by atoms with Gasteiger partial charge >= 0.3 is 0 Å². The first-order valence-corrected chi connectivity index (χ1v) is 5.03. The molecule has 1 saturated carbocycles. The van der Waals surface area contributed by atoms with Gasteiger partial charge in [-0.25, -0.2) is 0 Å². The lowest BCUT2D eigenvalue weighted by Gasteiger charge is -1.95. The molecule has 1 aliphatic carbocycles. The van der Waals surface area contributed by atoms with Crippen LogP contribution in [0.4, 0.5) is 0 Å². The van der Waals surface area contributed by atoms with E-state index in [1.54, 1.807) is 5.56 Å². The lowest BCUT2D eigenvalue weighted by molar-refractivity contribution is 0.699. The standard InChI is InChI=1S/C9H13NS/c1-10-5-8-4-9(8)7-2-3-11-6-7/h2-3,6,8-10H,4-5H2,1H3/t8-,9-/m0/s1. The van der Waals surface area contributed by atoms with Crippen molar-refractivity contribution in [3.8, 4) is 0 Å². The van der Waals surface area contributed by atoms with Gasteiger partial charge in [0.25, 0.3) is 0 Å². The van der Waals surface area contributed by atoms with E-state index < -0.39 is 0 Å². The van der Waals surface area contributed by atoms with Crippen LogP contribution in [0.15, 0.2) is 16.8 Å². The summed E-state index contributed by atoms with van der Waals surface area (Å²) in [6.45, 7) is 1.18. The maximum atomic E-state index is 3.22. The molecule has 2 atom stereocenters. The average molecular weight is 167 g/mol. The second kappa shape index (κ2) is 2.95. The molecule has 1 aromatic heterocycles. The summed E-state index contributed by atoms with van der Waals surface area (Å²) in [5.41, 5.74) is 1.55. The highest BCUT2D eigenvalue weighted by atomic mass is 32.1. The summed E-state index contributed by atoms with van der Waals surface area (Å²) < 4.78 is 0. The summed E-state index contributed by atoms with van der Waals surface area (Å²) in [5, 5.41) is 7.67. The van der Waals surface area contributed by atoms with Crippen LogP contribution in [-0.4, -0.2) is 13.6 Å². The highest BCUT2D eigenvalue weighted by Gasteiger charge is 2.37. The van der Waals surface area contributed by atoms with Gasteiger partial charge in [0.05, 0.1) is 0 Å². The average Bonchev–Trinajstić information content (AvgIpc) is 2.61. The van der Waals surface area contributed by atoms with E-state index in [1.807, 2.05) is 18.4 Å². The van der Waals surface area contributed by atoms with E-state index in [9.17, 15) is 0 Å². The van der Waals surface area contributed by atoms with E-state index in [1.165, 1.54) is 13.0 Å². The van der Waals surface area contributed by atoms with Crippen LogP contribution in [0.1, 0.15) is 17.9 Å². The first-order valence-electron chi connectivity index (χ1n) is 4.08. The van der Waals surface area contributed by atoms with E-state index in [4.69, 9.17) is 0 Å². The Kier molecular flexibility index (Phi) is 1.96. The fourth-order valence-electron chi connectivity index (χ4n) is 1.63. The van der Waals surface area contributed by atoms with Gasteiger partial charge in [-0.05, 0) is 54.2 Å². The molecule has 0 aliphatic heterocycles. The minimum Gasteiger partial charge on any atom is -0.319 e. The van der Waals surface area contributed by atoms with Crippen molar-refractivity contribution in [2.75, 3.05) is 13.6 Å². The van der Waals surface area contributed by atoms with Crippen LogP contribution in [0, 0.1) is 5.92 Å². The summed E-state index contributed by atoms with van der Waals surface area (Å²) >= 11 is 1.81. The Balaban J connectivity index is 1.92. The van der Waals surface area contributed by atoms with Crippen molar-refractivity contribution >= 4 is 11.3 Å². The van der Waals surface area contributed by atoms with Gasteiger partial charge in [0.2, 0.25) is 0 Å². The topological polar surface area (TPSA) is 12.0 Å². The van der Waals surface area contributed by atoms with Crippen LogP contribution in [0.3, 0.4) is 0 Å². The Morgan fingerprint density at radius 1 is 1.73 bits per heavy atom. The molecule has 0 bridgehead atoms. The van der Waals surface area contributed by atoms with Gasteiger partial charge in [-0.3, -0.25) is 0 Å². The highest BCUT2D eigenvalue weighted by Crippen LogP contribution is 2.47. The van der Waals surface area contributed by atoms with Gasteiger partial charge in [-0.2, -0.15) is 11.3 Å². The van der Waals surface area contributed by atoms with Gasteiger partial charge in [0.15, 0.2) is 0 Å². The van der Waals surface area contributed by atoms with Crippen LogP contribution >= 0.6 is 11.3 Å². The van der Waals surface area contributed by atoms with Crippen LogP contribution in [-0.2, 0) is 0 Å². The Bertz CT molecular complexity index is 217. The molecule has 1 N–H and O–H groups in total. The lowest BCUT2D eigenvalue weighted by atomic mass is 10.2. The smallest absolute Gasteiger partial charge is 0.00174 e. The SMILES string of the molecule is CNC[C@@H]1C[C@H]1c1ccsc1. The molecule has 1 aromatic rings. The molecule has 1 nitrogen and oxygen atoms in total. The maximum Gasteiger partial charge on any atom is -0.00174 e. The van der Waals surface area contributed by atoms with Crippen molar-refractivity contribution in [1.29, 1.82) is 0 Å². The van der Waals surface area contributed by atoms with Gasteiger partial charge in [-0.15, -0.1) is 0 Å². The van der Waals surface area contributed by atoms with E-state index in [-0.39, 0.29) is 0 Å². The predicted octanol–water partition coefficient (Wildman–Crippen LogP) is 2.07. The monoisotopic (exact) mass is 167 g/mol. The van der Waals surface area contributed by atoms with Crippen molar-refractivity contribution in [3.05, 3.63) is 22.4 Å². The summed E-state index contributed by atoms with van der Waals surface area (Å²) in [4.78, 5) is 0. The fourth-order valence-corrected chi connectivity index (χ4v) is 2.35. The molecule has 11 heavy (non-hydrogen) atoms. The molecular weight excluding hydrogens is 154 g/mol. The highest BCUT2D eigenvalue weighted by molar-refractivity contribution is 7.08. The van der Waals surface area contributed by atoms with Gasteiger partial charge in [0.1, 0.15) is 0 Å². The van der Waals surface area contributed by atoms with Crippen molar-refractivity contribution in [1.82, 2.24) is 5.32 Å². The third kappa shape index (κ3) is 1.47. The largest absolute Gasteiger partial charge is 0.319 e. The van der Waals surface area contributed by atoms with Crippen molar-refractivity contribution in [2.24, 2.45) is 5.92 Å². The molecule has 1 heterocycles.